The minimum absolute atomic E-state index is 0.623. The van der Waals surface area contributed by atoms with Gasteiger partial charge in [0.25, 0.3) is 0 Å². The first-order chi connectivity index (χ1) is 6.86. The van der Waals surface area contributed by atoms with Crippen molar-refractivity contribution >= 4 is 38.3 Å². The molecular formula is C9H12INO3S. The van der Waals surface area contributed by atoms with E-state index in [0.717, 1.165) is 3.57 Å². The quantitative estimate of drug-likeness (QED) is 0.787. The third-order valence-corrected chi connectivity index (χ3v) is 4.09. The summed E-state index contributed by atoms with van der Waals surface area (Å²) in [7, 11) is -0.162. The number of sulfonamides is 1. The Kier molecular flexibility index (Phi) is 3.82. The highest BCUT2D eigenvalue weighted by Crippen LogP contribution is 2.27. The summed E-state index contributed by atoms with van der Waals surface area (Å²) in [6.07, 6.45) is 1.17. The lowest BCUT2D eigenvalue weighted by Gasteiger charge is -2.18. The molecule has 0 spiro atoms. The minimum atomic E-state index is -3.23. The number of nitrogens with zero attached hydrogens (tertiary/aromatic N) is 1. The second kappa shape index (κ2) is 4.56. The van der Waals surface area contributed by atoms with Gasteiger partial charge in [-0.1, -0.05) is 0 Å². The molecule has 0 unspecified atom stereocenters. The van der Waals surface area contributed by atoms with Crippen molar-refractivity contribution in [2.45, 2.75) is 0 Å². The van der Waals surface area contributed by atoms with Crippen LogP contribution in [0.2, 0.25) is 0 Å². The van der Waals surface area contributed by atoms with E-state index >= 15 is 0 Å². The molecule has 0 saturated carbocycles. The van der Waals surface area contributed by atoms with E-state index in [0.29, 0.717) is 11.4 Å². The number of methoxy groups -OCH3 is 1. The van der Waals surface area contributed by atoms with Gasteiger partial charge in [-0.25, -0.2) is 8.42 Å². The highest BCUT2D eigenvalue weighted by molar-refractivity contribution is 14.1. The van der Waals surface area contributed by atoms with Crippen LogP contribution in [0.3, 0.4) is 0 Å². The van der Waals surface area contributed by atoms with Gasteiger partial charge in [-0.05, 0) is 34.7 Å². The molecule has 0 saturated heterocycles. The largest absolute Gasteiger partial charge is 0.497 e. The van der Waals surface area contributed by atoms with E-state index in [2.05, 4.69) is 22.6 Å². The van der Waals surface area contributed by atoms with Gasteiger partial charge < -0.3 is 4.74 Å². The van der Waals surface area contributed by atoms with E-state index in [1.165, 1.54) is 17.6 Å². The van der Waals surface area contributed by atoms with Crippen LogP contribution < -0.4 is 9.04 Å². The lowest BCUT2D eigenvalue weighted by atomic mass is 10.3. The third-order valence-electron chi connectivity index (χ3n) is 1.99. The number of ether oxygens (including phenoxy) is 1. The Morgan fingerprint density at radius 3 is 2.47 bits per heavy atom. The predicted octanol–water partition coefficient (Wildman–Crippen LogP) is 1.70. The highest BCUT2D eigenvalue weighted by Gasteiger charge is 2.15. The van der Waals surface area contributed by atoms with Crippen molar-refractivity contribution in [1.29, 1.82) is 0 Å². The number of hydrogen-bond acceptors (Lipinski definition) is 3. The summed E-state index contributed by atoms with van der Waals surface area (Å²) in [6.45, 7) is 0. The third kappa shape index (κ3) is 2.97. The van der Waals surface area contributed by atoms with Crippen molar-refractivity contribution < 1.29 is 13.2 Å². The monoisotopic (exact) mass is 341 g/mol. The van der Waals surface area contributed by atoms with Crippen molar-refractivity contribution in [1.82, 2.24) is 0 Å². The Balaban J connectivity index is 3.24. The molecule has 0 atom stereocenters. The van der Waals surface area contributed by atoms with Gasteiger partial charge in [-0.2, -0.15) is 0 Å². The normalized spacial score (nSPS) is 11.2. The summed E-state index contributed by atoms with van der Waals surface area (Å²) in [5, 5.41) is 0. The van der Waals surface area contributed by atoms with Gasteiger partial charge in [0.15, 0.2) is 0 Å². The molecule has 1 aromatic carbocycles. The van der Waals surface area contributed by atoms with Gasteiger partial charge >= 0.3 is 0 Å². The number of hydrogen-bond donors (Lipinski definition) is 0. The van der Waals surface area contributed by atoms with E-state index in [9.17, 15) is 8.42 Å². The van der Waals surface area contributed by atoms with Crippen LogP contribution in [-0.4, -0.2) is 28.8 Å². The van der Waals surface area contributed by atoms with Crippen LogP contribution in [0.25, 0.3) is 0 Å². The number of halogens is 1. The summed E-state index contributed by atoms with van der Waals surface area (Å²) in [5.41, 5.74) is 0.623. The Morgan fingerprint density at radius 1 is 1.40 bits per heavy atom. The second-order valence-corrected chi connectivity index (χ2v) is 6.22. The average molecular weight is 341 g/mol. The summed E-state index contributed by atoms with van der Waals surface area (Å²) in [4.78, 5) is 0. The Labute approximate surface area is 103 Å². The van der Waals surface area contributed by atoms with E-state index in [-0.39, 0.29) is 0 Å². The molecule has 0 N–H and O–H groups in total. The molecule has 84 valence electrons. The van der Waals surface area contributed by atoms with Crippen LogP contribution in [0.15, 0.2) is 18.2 Å². The van der Waals surface area contributed by atoms with Crippen molar-refractivity contribution in [3.63, 3.8) is 0 Å². The molecule has 0 heterocycles. The summed E-state index contributed by atoms with van der Waals surface area (Å²) in [6, 6.07) is 5.31. The van der Waals surface area contributed by atoms with Crippen molar-refractivity contribution in [3.8, 4) is 5.75 Å². The smallest absolute Gasteiger partial charge is 0.232 e. The molecular weight excluding hydrogens is 329 g/mol. The standard InChI is InChI=1S/C9H12INO3S/c1-11(15(3,12)13)9-6-7(14-2)4-5-8(9)10/h4-6H,1-3H3. The average Bonchev–Trinajstić information content (AvgIpc) is 2.16. The van der Waals surface area contributed by atoms with E-state index in [1.54, 1.807) is 19.2 Å². The van der Waals surface area contributed by atoms with Crippen molar-refractivity contribution in [3.05, 3.63) is 21.8 Å². The van der Waals surface area contributed by atoms with Crippen molar-refractivity contribution in [2.75, 3.05) is 24.7 Å². The number of rotatable bonds is 3. The summed E-state index contributed by atoms with van der Waals surface area (Å²) < 4.78 is 29.9. The maximum atomic E-state index is 11.4. The van der Waals surface area contributed by atoms with Gasteiger partial charge in [0, 0.05) is 16.7 Å². The summed E-state index contributed by atoms with van der Waals surface area (Å²) in [5.74, 6) is 0.640. The fraction of sp³-hybridized carbons (Fsp3) is 0.333. The second-order valence-electron chi connectivity index (χ2n) is 3.05. The molecule has 1 rings (SSSR count). The van der Waals surface area contributed by atoms with Gasteiger partial charge in [0.2, 0.25) is 10.0 Å². The van der Waals surface area contributed by atoms with Gasteiger partial charge in [-0.15, -0.1) is 0 Å². The fourth-order valence-electron chi connectivity index (χ4n) is 1.04. The van der Waals surface area contributed by atoms with E-state index in [1.807, 2.05) is 6.07 Å². The van der Waals surface area contributed by atoms with Crippen LogP contribution >= 0.6 is 22.6 Å². The molecule has 15 heavy (non-hydrogen) atoms. The molecule has 0 aliphatic rings. The SMILES string of the molecule is COc1ccc(I)c(N(C)S(C)(=O)=O)c1. The molecule has 0 aliphatic heterocycles. The van der Waals surface area contributed by atoms with E-state index < -0.39 is 10.0 Å². The molecule has 6 heteroatoms. The first-order valence-corrected chi connectivity index (χ1v) is 7.06. The Bertz CT molecular complexity index is 458. The van der Waals surface area contributed by atoms with Gasteiger partial charge in [0.1, 0.15) is 5.75 Å². The zero-order valence-electron chi connectivity index (χ0n) is 8.69. The fourth-order valence-corrected chi connectivity index (χ4v) is 2.41. The van der Waals surface area contributed by atoms with Gasteiger partial charge in [0.05, 0.1) is 19.1 Å². The first-order valence-electron chi connectivity index (χ1n) is 4.13. The Morgan fingerprint density at radius 2 is 2.00 bits per heavy atom. The number of anilines is 1. The molecule has 0 aromatic heterocycles. The lowest BCUT2D eigenvalue weighted by Crippen LogP contribution is -2.25. The van der Waals surface area contributed by atoms with Crippen LogP contribution in [0, 0.1) is 3.57 Å². The van der Waals surface area contributed by atoms with Crippen LogP contribution in [0.5, 0.6) is 5.75 Å². The topological polar surface area (TPSA) is 46.6 Å². The van der Waals surface area contributed by atoms with E-state index in [4.69, 9.17) is 4.74 Å². The first kappa shape index (κ1) is 12.6. The van der Waals surface area contributed by atoms with Crippen LogP contribution in [0.1, 0.15) is 0 Å². The zero-order valence-corrected chi connectivity index (χ0v) is 11.7. The number of benzene rings is 1. The predicted molar refractivity (Wildman–Crippen MR) is 69.0 cm³/mol. The lowest BCUT2D eigenvalue weighted by molar-refractivity contribution is 0.415. The van der Waals surface area contributed by atoms with Crippen molar-refractivity contribution in [2.24, 2.45) is 0 Å². The molecule has 0 bridgehead atoms. The summed E-state index contributed by atoms with van der Waals surface area (Å²) >= 11 is 2.09. The maximum absolute atomic E-state index is 11.4. The Hall–Kier alpha value is -0.500. The van der Waals surface area contributed by atoms with Crippen LogP contribution in [-0.2, 0) is 10.0 Å². The molecule has 0 amide bonds. The molecule has 0 radical (unpaired) electrons. The highest BCUT2D eigenvalue weighted by atomic mass is 127. The molecule has 1 aromatic rings. The van der Waals surface area contributed by atoms with Crippen LogP contribution in [0.4, 0.5) is 5.69 Å². The molecule has 0 aliphatic carbocycles. The maximum Gasteiger partial charge on any atom is 0.232 e. The zero-order chi connectivity index (χ0) is 11.6. The van der Waals surface area contributed by atoms with Gasteiger partial charge in [-0.3, -0.25) is 4.31 Å². The molecule has 0 fully saturated rings. The molecule has 4 nitrogen and oxygen atoms in total. The minimum Gasteiger partial charge on any atom is -0.497 e.